The van der Waals surface area contributed by atoms with Gasteiger partial charge in [0.05, 0.1) is 5.56 Å². The molecule has 96 valence electrons. The van der Waals surface area contributed by atoms with Gasteiger partial charge in [-0.3, -0.25) is 0 Å². The SMILES string of the molecule is CCCc1ccc(Nc2nccc(C#N)c2Cl)cc1. The number of aryl methyl sites for hydroxylation is 1. The lowest BCUT2D eigenvalue weighted by atomic mass is 10.1. The van der Waals surface area contributed by atoms with Gasteiger partial charge in [-0.2, -0.15) is 5.26 Å². The van der Waals surface area contributed by atoms with Crippen molar-refractivity contribution in [3.05, 3.63) is 52.7 Å². The summed E-state index contributed by atoms with van der Waals surface area (Å²) in [7, 11) is 0. The highest BCUT2D eigenvalue weighted by atomic mass is 35.5. The van der Waals surface area contributed by atoms with E-state index >= 15 is 0 Å². The minimum absolute atomic E-state index is 0.350. The number of anilines is 2. The van der Waals surface area contributed by atoms with Gasteiger partial charge in [-0.05, 0) is 30.2 Å². The average Bonchev–Trinajstić information content (AvgIpc) is 2.43. The zero-order valence-electron chi connectivity index (χ0n) is 10.7. The van der Waals surface area contributed by atoms with Crippen LogP contribution in [0.15, 0.2) is 36.5 Å². The molecule has 2 aromatic rings. The van der Waals surface area contributed by atoms with E-state index in [9.17, 15) is 0 Å². The molecule has 0 radical (unpaired) electrons. The fourth-order valence-corrected chi connectivity index (χ4v) is 2.00. The zero-order chi connectivity index (χ0) is 13.7. The van der Waals surface area contributed by atoms with Crippen LogP contribution >= 0.6 is 11.6 Å². The van der Waals surface area contributed by atoms with Gasteiger partial charge in [0.15, 0.2) is 5.82 Å². The summed E-state index contributed by atoms with van der Waals surface area (Å²) in [5.41, 5.74) is 2.63. The van der Waals surface area contributed by atoms with E-state index in [1.54, 1.807) is 12.3 Å². The van der Waals surface area contributed by atoms with E-state index in [0.29, 0.717) is 16.4 Å². The molecule has 0 atom stereocenters. The highest BCUT2D eigenvalue weighted by Gasteiger charge is 2.07. The third-order valence-corrected chi connectivity index (χ3v) is 3.15. The first-order chi connectivity index (χ1) is 9.24. The highest BCUT2D eigenvalue weighted by Crippen LogP contribution is 2.26. The average molecular weight is 272 g/mol. The first-order valence-corrected chi connectivity index (χ1v) is 6.53. The third kappa shape index (κ3) is 3.24. The lowest BCUT2D eigenvalue weighted by Gasteiger charge is -2.08. The Morgan fingerprint density at radius 3 is 2.63 bits per heavy atom. The van der Waals surface area contributed by atoms with E-state index in [0.717, 1.165) is 18.5 Å². The van der Waals surface area contributed by atoms with Crippen LogP contribution in [-0.4, -0.2) is 4.98 Å². The second-order valence-corrected chi connectivity index (χ2v) is 4.58. The molecule has 1 aromatic carbocycles. The Hall–Kier alpha value is -2.05. The molecular weight excluding hydrogens is 258 g/mol. The topological polar surface area (TPSA) is 48.7 Å². The van der Waals surface area contributed by atoms with Gasteiger partial charge in [-0.1, -0.05) is 37.1 Å². The molecule has 1 N–H and O–H groups in total. The molecule has 0 aliphatic rings. The molecule has 0 amide bonds. The van der Waals surface area contributed by atoms with Crippen LogP contribution in [0.4, 0.5) is 11.5 Å². The van der Waals surface area contributed by atoms with Crippen molar-refractivity contribution in [3.63, 3.8) is 0 Å². The molecule has 3 nitrogen and oxygen atoms in total. The molecule has 0 bridgehead atoms. The van der Waals surface area contributed by atoms with Gasteiger partial charge in [0.2, 0.25) is 0 Å². The van der Waals surface area contributed by atoms with Crippen molar-refractivity contribution in [2.24, 2.45) is 0 Å². The van der Waals surface area contributed by atoms with Crippen molar-refractivity contribution in [1.29, 1.82) is 5.26 Å². The van der Waals surface area contributed by atoms with Crippen LogP contribution in [0.2, 0.25) is 5.02 Å². The smallest absolute Gasteiger partial charge is 0.150 e. The van der Waals surface area contributed by atoms with Gasteiger partial charge >= 0.3 is 0 Å². The first-order valence-electron chi connectivity index (χ1n) is 6.15. The van der Waals surface area contributed by atoms with E-state index < -0.39 is 0 Å². The summed E-state index contributed by atoms with van der Waals surface area (Å²) < 4.78 is 0. The van der Waals surface area contributed by atoms with Gasteiger partial charge in [0.1, 0.15) is 11.1 Å². The predicted octanol–water partition coefficient (Wildman–Crippen LogP) is 4.30. The van der Waals surface area contributed by atoms with E-state index in [2.05, 4.69) is 29.4 Å². The number of rotatable bonds is 4. The third-order valence-electron chi connectivity index (χ3n) is 2.77. The summed E-state index contributed by atoms with van der Waals surface area (Å²) in [5.74, 6) is 0.504. The molecule has 0 saturated heterocycles. The van der Waals surface area contributed by atoms with E-state index in [4.69, 9.17) is 16.9 Å². The van der Waals surface area contributed by atoms with Gasteiger partial charge in [-0.15, -0.1) is 0 Å². The Morgan fingerprint density at radius 2 is 2.00 bits per heavy atom. The second kappa shape index (κ2) is 6.21. The molecule has 4 heteroatoms. The number of nitriles is 1. The molecule has 0 aliphatic heterocycles. The summed E-state index contributed by atoms with van der Waals surface area (Å²) in [6, 6.07) is 11.8. The lowest BCUT2D eigenvalue weighted by Crippen LogP contribution is -1.96. The standard InChI is InChI=1S/C15H14ClN3/c1-2-3-11-4-6-13(7-5-11)19-15-14(16)12(10-17)8-9-18-15/h4-9H,2-3H2,1H3,(H,18,19). The maximum Gasteiger partial charge on any atom is 0.150 e. The van der Waals surface area contributed by atoms with Crippen molar-refractivity contribution in [2.75, 3.05) is 5.32 Å². The summed E-state index contributed by atoms with van der Waals surface area (Å²) in [5, 5.41) is 12.4. The van der Waals surface area contributed by atoms with Crippen LogP contribution in [0, 0.1) is 11.3 Å². The first kappa shape index (κ1) is 13.4. The van der Waals surface area contributed by atoms with Crippen LogP contribution in [0.25, 0.3) is 0 Å². The number of hydrogen-bond donors (Lipinski definition) is 1. The van der Waals surface area contributed by atoms with Gasteiger partial charge in [0.25, 0.3) is 0 Å². The Balaban J connectivity index is 2.19. The molecular formula is C15H14ClN3. The molecule has 19 heavy (non-hydrogen) atoms. The Morgan fingerprint density at radius 1 is 1.26 bits per heavy atom. The van der Waals surface area contributed by atoms with Gasteiger partial charge in [-0.25, -0.2) is 4.98 Å². The Kier molecular flexibility index (Phi) is 4.38. The van der Waals surface area contributed by atoms with Crippen molar-refractivity contribution in [1.82, 2.24) is 4.98 Å². The molecule has 2 rings (SSSR count). The van der Waals surface area contributed by atoms with Crippen LogP contribution in [0.5, 0.6) is 0 Å². The summed E-state index contributed by atoms with van der Waals surface area (Å²) in [6.07, 6.45) is 3.77. The largest absolute Gasteiger partial charge is 0.339 e. The van der Waals surface area contributed by atoms with Crippen LogP contribution in [0.3, 0.4) is 0 Å². The maximum absolute atomic E-state index is 8.91. The Bertz CT molecular complexity index is 600. The highest BCUT2D eigenvalue weighted by molar-refractivity contribution is 6.34. The van der Waals surface area contributed by atoms with Crippen LogP contribution in [0.1, 0.15) is 24.5 Å². The Labute approximate surface area is 117 Å². The number of nitrogens with one attached hydrogen (secondary N) is 1. The molecule has 1 aromatic heterocycles. The zero-order valence-corrected chi connectivity index (χ0v) is 11.4. The lowest BCUT2D eigenvalue weighted by molar-refractivity contribution is 0.922. The fraction of sp³-hybridized carbons (Fsp3) is 0.200. The molecule has 1 heterocycles. The molecule has 0 saturated carbocycles. The van der Waals surface area contributed by atoms with Crippen molar-refractivity contribution in [3.8, 4) is 6.07 Å². The maximum atomic E-state index is 8.91. The summed E-state index contributed by atoms with van der Waals surface area (Å²) in [6.45, 7) is 2.16. The number of hydrogen-bond acceptors (Lipinski definition) is 3. The van der Waals surface area contributed by atoms with Crippen LogP contribution in [-0.2, 0) is 6.42 Å². The molecule has 0 aliphatic carbocycles. The predicted molar refractivity (Wildman–Crippen MR) is 77.7 cm³/mol. The summed E-state index contributed by atoms with van der Waals surface area (Å²) in [4.78, 5) is 4.15. The van der Waals surface area contributed by atoms with Gasteiger partial charge in [0, 0.05) is 11.9 Å². The van der Waals surface area contributed by atoms with E-state index in [1.165, 1.54) is 5.56 Å². The summed E-state index contributed by atoms with van der Waals surface area (Å²) >= 11 is 6.09. The van der Waals surface area contributed by atoms with Crippen LogP contribution < -0.4 is 5.32 Å². The number of pyridine rings is 1. The molecule has 0 fully saturated rings. The number of nitrogens with zero attached hydrogens (tertiary/aromatic N) is 2. The minimum Gasteiger partial charge on any atom is -0.339 e. The number of benzene rings is 1. The van der Waals surface area contributed by atoms with E-state index in [-0.39, 0.29) is 0 Å². The fourth-order valence-electron chi connectivity index (χ4n) is 1.80. The van der Waals surface area contributed by atoms with Crippen molar-refractivity contribution in [2.45, 2.75) is 19.8 Å². The number of aromatic nitrogens is 1. The van der Waals surface area contributed by atoms with Crippen molar-refractivity contribution < 1.29 is 0 Å². The normalized spacial score (nSPS) is 9.95. The minimum atomic E-state index is 0.350. The molecule has 0 spiro atoms. The quantitative estimate of drug-likeness (QED) is 0.902. The second-order valence-electron chi connectivity index (χ2n) is 4.20. The number of halogens is 1. The van der Waals surface area contributed by atoms with Crippen molar-refractivity contribution >= 4 is 23.1 Å². The van der Waals surface area contributed by atoms with Gasteiger partial charge < -0.3 is 5.32 Å². The van der Waals surface area contributed by atoms with E-state index in [1.807, 2.05) is 18.2 Å². The molecule has 0 unspecified atom stereocenters. The monoisotopic (exact) mass is 271 g/mol.